The van der Waals surface area contributed by atoms with Crippen LogP contribution in [-0.4, -0.2) is 38.1 Å². The van der Waals surface area contributed by atoms with Crippen molar-refractivity contribution in [1.29, 1.82) is 0 Å². The summed E-state index contributed by atoms with van der Waals surface area (Å²) < 4.78 is 37.7. The summed E-state index contributed by atoms with van der Waals surface area (Å²) >= 11 is 0. The van der Waals surface area contributed by atoms with Crippen LogP contribution in [0.1, 0.15) is 19.4 Å². The van der Waals surface area contributed by atoms with Crippen molar-refractivity contribution in [2.45, 2.75) is 32.4 Å². The van der Waals surface area contributed by atoms with Gasteiger partial charge in [-0.05, 0) is 29.7 Å². The van der Waals surface area contributed by atoms with Gasteiger partial charge in [0.1, 0.15) is 23.7 Å². The molecule has 0 N–H and O–H groups in total. The molecule has 1 aromatic rings. The van der Waals surface area contributed by atoms with Gasteiger partial charge in [0.25, 0.3) is 0 Å². The van der Waals surface area contributed by atoms with Gasteiger partial charge < -0.3 is 9.47 Å². The monoisotopic (exact) mass is 310 g/mol. The van der Waals surface area contributed by atoms with Crippen LogP contribution in [0.3, 0.4) is 0 Å². The molecule has 1 aromatic carbocycles. The number of halogens is 2. The molecule has 0 radical (unpaired) electrons. The Kier molecular flexibility index (Phi) is 5.11. The van der Waals surface area contributed by atoms with Crippen LogP contribution in [0.2, 0.25) is 0 Å². The zero-order valence-corrected chi connectivity index (χ0v) is 13.1. The van der Waals surface area contributed by atoms with Gasteiger partial charge in [-0.15, -0.1) is 0 Å². The summed E-state index contributed by atoms with van der Waals surface area (Å²) in [6.45, 7) is 4.01. The fraction of sp³-hybridized carbons (Fsp3) is 0.500. The number of benzene rings is 1. The third-order valence-electron chi connectivity index (χ3n) is 3.56. The lowest BCUT2D eigenvalue weighted by Gasteiger charge is -2.27. The minimum absolute atomic E-state index is 0.161. The van der Waals surface area contributed by atoms with E-state index in [1.165, 1.54) is 20.3 Å². The number of nitrogens with zero attached hydrogens (tertiary/aromatic N) is 2. The van der Waals surface area contributed by atoms with E-state index in [0.717, 1.165) is 12.1 Å². The maximum Gasteiger partial charge on any atom is 0.209 e. The molecule has 0 aliphatic carbocycles. The van der Waals surface area contributed by atoms with Gasteiger partial charge in [-0.1, -0.05) is 13.8 Å². The minimum Gasteiger partial charge on any atom is -0.483 e. The first-order chi connectivity index (χ1) is 10.5. The molecule has 120 valence electrons. The zero-order valence-electron chi connectivity index (χ0n) is 13.1. The summed E-state index contributed by atoms with van der Waals surface area (Å²) in [7, 11) is 3.03. The molecule has 2 atom stereocenters. The number of methoxy groups -OCH3 is 2. The van der Waals surface area contributed by atoms with Crippen molar-refractivity contribution in [2.75, 3.05) is 14.2 Å². The highest BCUT2D eigenvalue weighted by Crippen LogP contribution is 2.21. The second-order valence-corrected chi connectivity index (χ2v) is 5.49. The maximum absolute atomic E-state index is 13.8. The molecule has 4 nitrogen and oxygen atoms in total. The first-order valence-corrected chi connectivity index (χ1v) is 7.13. The Labute approximate surface area is 128 Å². The maximum atomic E-state index is 13.8. The highest BCUT2D eigenvalue weighted by molar-refractivity contribution is 5.94. The molecule has 1 aliphatic rings. The van der Waals surface area contributed by atoms with Crippen LogP contribution < -0.4 is 0 Å². The molecule has 0 bridgehead atoms. The Hall–Kier alpha value is -1.98. The first kappa shape index (κ1) is 16.4. The lowest BCUT2D eigenvalue weighted by molar-refractivity contribution is 0.332. The third-order valence-corrected chi connectivity index (χ3v) is 3.56. The molecule has 2 rings (SSSR count). The van der Waals surface area contributed by atoms with Gasteiger partial charge in [-0.2, -0.15) is 0 Å². The van der Waals surface area contributed by atoms with E-state index in [0.29, 0.717) is 11.8 Å². The number of hydrogen-bond acceptors (Lipinski definition) is 4. The van der Waals surface area contributed by atoms with E-state index < -0.39 is 17.7 Å². The Balaban J connectivity index is 2.31. The van der Waals surface area contributed by atoms with E-state index in [1.807, 2.05) is 13.8 Å². The Morgan fingerprint density at radius 2 is 1.77 bits per heavy atom. The zero-order chi connectivity index (χ0) is 16.3. The van der Waals surface area contributed by atoms with Crippen LogP contribution in [-0.2, 0) is 15.9 Å². The molecular formula is C16H20F2N2O2. The summed E-state index contributed by atoms with van der Waals surface area (Å²) in [6.07, 6.45) is 0.161. The van der Waals surface area contributed by atoms with Crippen molar-refractivity contribution >= 4 is 11.8 Å². The summed E-state index contributed by atoms with van der Waals surface area (Å²) in [6, 6.07) is 2.61. The summed E-state index contributed by atoms with van der Waals surface area (Å²) in [5.41, 5.74) is 0.233. The van der Waals surface area contributed by atoms with Crippen LogP contribution in [0.4, 0.5) is 8.78 Å². The van der Waals surface area contributed by atoms with Crippen LogP contribution in [0.5, 0.6) is 0 Å². The van der Waals surface area contributed by atoms with E-state index in [4.69, 9.17) is 9.47 Å². The number of aliphatic imine (C=N–C) groups is 2. The normalized spacial score (nSPS) is 21.4. The van der Waals surface area contributed by atoms with E-state index in [1.54, 1.807) is 0 Å². The minimum atomic E-state index is -0.522. The molecule has 6 heteroatoms. The average Bonchev–Trinajstić information content (AvgIpc) is 2.50. The number of ether oxygens (including phenoxy) is 2. The van der Waals surface area contributed by atoms with E-state index in [2.05, 4.69) is 9.98 Å². The smallest absolute Gasteiger partial charge is 0.209 e. The topological polar surface area (TPSA) is 43.2 Å². The Morgan fingerprint density at radius 1 is 1.09 bits per heavy atom. The van der Waals surface area contributed by atoms with E-state index >= 15 is 0 Å². The fourth-order valence-corrected chi connectivity index (χ4v) is 2.40. The van der Waals surface area contributed by atoms with Gasteiger partial charge in [-0.25, -0.2) is 18.8 Å². The SMILES string of the molecule is COC1=N[C@@H](Cc2cc(F)ccc2F)C(OC)=NC1C(C)C. The predicted molar refractivity (Wildman–Crippen MR) is 81.4 cm³/mol. The lowest BCUT2D eigenvalue weighted by atomic mass is 10.00. The second kappa shape index (κ2) is 6.85. The predicted octanol–water partition coefficient (Wildman–Crippen LogP) is 3.00. The van der Waals surface area contributed by atoms with Gasteiger partial charge in [0.15, 0.2) is 0 Å². The lowest BCUT2D eigenvalue weighted by Crippen LogP contribution is -2.38. The summed E-state index contributed by atoms with van der Waals surface area (Å²) in [4.78, 5) is 8.98. The van der Waals surface area contributed by atoms with E-state index in [-0.39, 0.29) is 23.9 Å². The molecule has 0 spiro atoms. The molecule has 0 aromatic heterocycles. The molecule has 1 unspecified atom stereocenters. The molecule has 0 fully saturated rings. The van der Waals surface area contributed by atoms with Crippen LogP contribution in [0, 0.1) is 17.6 Å². The fourth-order valence-electron chi connectivity index (χ4n) is 2.40. The highest BCUT2D eigenvalue weighted by atomic mass is 19.1. The summed E-state index contributed by atoms with van der Waals surface area (Å²) in [5.74, 6) is 0.118. The van der Waals surface area contributed by atoms with Crippen molar-refractivity contribution in [1.82, 2.24) is 0 Å². The van der Waals surface area contributed by atoms with Crippen LogP contribution in [0.15, 0.2) is 28.2 Å². The average molecular weight is 310 g/mol. The van der Waals surface area contributed by atoms with Crippen LogP contribution in [0.25, 0.3) is 0 Å². The first-order valence-electron chi connectivity index (χ1n) is 7.13. The van der Waals surface area contributed by atoms with Crippen molar-refractivity contribution < 1.29 is 18.3 Å². The van der Waals surface area contributed by atoms with Gasteiger partial charge in [-0.3, -0.25) is 0 Å². The molecule has 0 saturated carbocycles. The van der Waals surface area contributed by atoms with Crippen molar-refractivity contribution in [3.05, 3.63) is 35.4 Å². The molecule has 0 amide bonds. The Bertz CT molecular complexity index is 600. The molecule has 0 saturated heterocycles. The quantitative estimate of drug-likeness (QED) is 0.861. The van der Waals surface area contributed by atoms with Crippen molar-refractivity contribution in [3.63, 3.8) is 0 Å². The summed E-state index contributed by atoms with van der Waals surface area (Å²) in [5, 5.41) is 0. The molecule has 22 heavy (non-hydrogen) atoms. The molecule has 1 heterocycles. The van der Waals surface area contributed by atoms with Crippen LogP contribution >= 0.6 is 0 Å². The standard InChI is InChI=1S/C16H20F2N2O2/c1-9(2)14-16(22-4)19-13(15(20-14)21-3)8-10-7-11(17)5-6-12(10)18/h5-7,9,13-14H,8H2,1-4H3/t13-,14?/m0/s1. The van der Waals surface area contributed by atoms with Gasteiger partial charge in [0.05, 0.1) is 14.2 Å². The van der Waals surface area contributed by atoms with Gasteiger partial charge >= 0.3 is 0 Å². The van der Waals surface area contributed by atoms with E-state index in [9.17, 15) is 8.78 Å². The van der Waals surface area contributed by atoms with Crippen molar-refractivity contribution in [2.24, 2.45) is 15.9 Å². The Morgan fingerprint density at radius 3 is 2.36 bits per heavy atom. The second-order valence-electron chi connectivity index (χ2n) is 5.49. The van der Waals surface area contributed by atoms with Gasteiger partial charge in [0, 0.05) is 6.42 Å². The third kappa shape index (κ3) is 3.43. The largest absolute Gasteiger partial charge is 0.483 e. The van der Waals surface area contributed by atoms with Gasteiger partial charge in [0.2, 0.25) is 11.8 Å². The molecule has 1 aliphatic heterocycles. The van der Waals surface area contributed by atoms with Crippen molar-refractivity contribution in [3.8, 4) is 0 Å². The number of hydrogen-bond donors (Lipinski definition) is 0. The highest BCUT2D eigenvalue weighted by Gasteiger charge is 2.31. The number of rotatable bonds is 3. The molecular weight excluding hydrogens is 290 g/mol.